The van der Waals surface area contributed by atoms with Crippen LogP contribution in [0.1, 0.15) is 115 Å². The van der Waals surface area contributed by atoms with E-state index in [1.54, 1.807) is 0 Å². The van der Waals surface area contributed by atoms with Crippen molar-refractivity contribution in [3.63, 3.8) is 0 Å². The van der Waals surface area contributed by atoms with Gasteiger partial charge in [0, 0.05) is 0 Å². The largest absolute Gasteiger partial charge is 0.391 e. The summed E-state index contributed by atoms with van der Waals surface area (Å²) in [5, 5.41) is 12.1. The Morgan fingerprint density at radius 3 is 1.97 bits per heavy atom. The summed E-state index contributed by atoms with van der Waals surface area (Å²) in [7, 11) is 0. The lowest BCUT2D eigenvalue weighted by Crippen LogP contribution is -2.71. The van der Waals surface area contributed by atoms with Gasteiger partial charge in [-0.3, -0.25) is 9.59 Å². The smallest absolute Gasteiger partial charge is 0.175 e. The second kappa shape index (κ2) is 12.5. The summed E-state index contributed by atoms with van der Waals surface area (Å²) in [4.78, 5) is 29.8. The molecule has 0 heterocycles. The zero-order chi connectivity index (χ0) is 29.1. The summed E-state index contributed by atoms with van der Waals surface area (Å²) < 4.78 is 0. The van der Waals surface area contributed by atoms with Crippen LogP contribution in [0.3, 0.4) is 0 Å². The van der Waals surface area contributed by atoms with Crippen LogP contribution >= 0.6 is 0 Å². The number of carbonyl (C=O) groups is 2. The van der Waals surface area contributed by atoms with Crippen LogP contribution in [0, 0.1) is 28.1 Å². The Balaban J connectivity index is 2.99. The minimum atomic E-state index is -1.47. The number of allylic oxidation sites excluding steroid dienone is 10. The van der Waals surface area contributed by atoms with Crippen molar-refractivity contribution in [3.8, 4) is 0 Å². The Kier molecular flexibility index (Phi) is 10.6. The molecule has 0 radical (unpaired) electrons. The topological polar surface area (TPSA) is 54.4 Å². The van der Waals surface area contributed by atoms with E-state index in [0.29, 0.717) is 31.3 Å². The van der Waals surface area contributed by atoms with Crippen molar-refractivity contribution in [2.45, 2.75) is 121 Å². The molecular formula is C35H54O3. The van der Waals surface area contributed by atoms with E-state index in [1.807, 2.05) is 33.8 Å². The maximum absolute atomic E-state index is 15.0. The maximum Gasteiger partial charge on any atom is 0.175 e. The predicted octanol–water partition coefficient (Wildman–Crippen LogP) is 8.90. The highest BCUT2D eigenvalue weighted by Crippen LogP contribution is 2.67. The third-order valence-electron chi connectivity index (χ3n) is 9.03. The lowest BCUT2D eigenvalue weighted by molar-refractivity contribution is -0.191. The van der Waals surface area contributed by atoms with Gasteiger partial charge < -0.3 is 5.11 Å². The number of Topliss-reactive ketones (excluding diaryl/α,β-unsaturated/α-hetero) is 2. The van der Waals surface area contributed by atoms with Gasteiger partial charge in [0.2, 0.25) is 0 Å². The van der Waals surface area contributed by atoms with E-state index in [0.717, 1.165) is 24.0 Å². The molecule has 0 amide bonds. The van der Waals surface area contributed by atoms with Gasteiger partial charge in [-0.15, -0.1) is 0 Å². The van der Waals surface area contributed by atoms with Gasteiger partial charge in [0.1, 0.15) is 5.41 Å². The summed E-state index contributed by atoms with van der Waals surface area (Å²) in [5.74, 6) is -0.333. The van der Waals surface area contributed by atoms with Gasteiger partial charge in [-0.2, -0.15) is 0 Å². The van der Waals surface area contributed by atoms with Gasteiger partial charge in [-0.25, -0.2) is 0 Å². The van der Waals surface area contributed by atoms with Crippen molar-refractivity contribution in [3.05, 3.63) is 58.2 Å². The van der Waals surface area contributed by atoms with Gasteiger partial charge in [0.05, 0.1) is 11.5 Å². The molecule has 2 aliphatic rings. The van der Waals surface area contributed by atoms with Crippen molar-refractivity contribution < 1.29 is 14.7 Å². The van der Waals surface area contributed by atoms with Crippen LogP contribution in [0.4, 0.5) is 0 Å². The molecule has 0 aromatic heterocycles. The van der Waals surface area contributed by atoms with E-state index < -0.39 is 22.3 Å². The molecule has 0 aromatic rings. The van der Waals surface area contributed by atoms with Gasteiger partial charge >= 0.3 is 0 Å². The molecule has 3 nitrogen and oxygen atoms in total. The molecule has 0 saturated heterocycles. The van der Waals surface area contributed by atoms with Crippen molar-refractivity contribution in [2.24, 2.45) is 28.1 Å². The quantitative estimate of drug-likeness (QED) is 0.218. The van der Waals surface area contributed by atoms with Gasteiger partial charge in [-0.05, 0) is 117 Å². The van der Waals surface area contributed by atoms with E-state index in [9.17, 15) is 14.7 Å². The fourth-order valence-electron chi connectivity index (χ4n) is 6.85. The predicted molar refractivity (Wildman–Crippen MR) is 161 cm³/mol. The molecule has 5 atom stereocenters. The number of rotatable bonds is 11. The van der Waals surface area contributed by atoms with Crippen LogP contribution in [0.2, 0.25) is 0 Å². The van der Waals surface area contributed by atoms with E-state index in [2.05, 4.69) is 72.8 Å². The minimum absolute atomic E-state index is 0.0530. The average molecular weight is 523 g/mol. The first kappa shape index (κ1) is 32.2. The first-order chi connectivity index (χ1) is 17.5. The first-order valence-electron chi connectivity index (χ1n) is 14.6. The third kappa shape index (κ3) is 6.09. The second-order valence-corrected chi connectivity index (χ2v) is 13.6. The van der Waals surface area contributed by atoms with Crippen LogP contribution in [-0.2, 0) is 9.59 Å². The molecule has 1 saturated carbocycles. The summed E-state index contributed by atoms with van der Waals surface area (Å²) in [6.45, 7) is 22.6. The van der Waals surface area contributed by atoms with E-state index in [-0.39, 0.29) is 23.4 Å². The molecule has 2 aliphatic carbocycles. The van der Waals surface area contributed by atoms with Crippen molar-refractivity contribution in [2.75, 3.05) is 0 Å². The summed E-state index contributed by atoms with van der Waals surface area (Å²) >= 11 is 0. The van der Waals surface area contributed by atoms with E-state index >= 15 is 0 Å². The fraction of sp³-hybridized carbons (Fsp3) is 0.657. The number of aliphatic hydroxyl groups is 1. The molecule has 1 fully saturated rings. The molecule has 0 spiro atoms. The molecule has 3 heteroatoms. The van der Waals surface area contributed by atoms with Gasteiger partial charge in [0.25, 0.3) is 0 Å². The average Bonchev–Trinajstić information content (AvgIpc) is 2.80. The number of aliphatic hydroxyl groups excluding tert-OH is 1. The Bertz CT molecular complexity index is 1050. The Morgan fingerprint density at radius 1 is 0.921 bits per heavy atom. The van der Waals surface area contributed by atoms with Crippen LogP contribution in [-0.4, -0.2) is 22.8 Å². The zero-order valence-corrected chi connectivity index (χ0v) is 26.1. The number of fused-ring (bicyclic) bond motifs is 2. The van der Waals surface area contributed by atoms with Crippen molar-refractivity contribution >= 4 is 11.6 Å². The molecule has 2 rings (SSSR count). The molecule has 212 valence electrons. The molecule has 0 aromatic carbocycles. The van der Waals surface area contributed by atoms with E-state index in [4.69, 9.17) is 0 Å². The summed E-state index contributed by atoms with van der Waals surface area (Å²) in [6, 6.07) is 0. The first-order valence-corrected chi connectivity index (χ1v) is 14.6. The molecular weight excluding hydrogens is 468 g/mol. The van der Waals surface area contributed by atoms with Crippen LogP contribution < -0.4 is 0 Å². The molecule has 0 aliphatic heterocycles. The standard InChI is InChI=1S/C35H54O3/c1-23(2)13-12-19-33(11)29(17-15-25(5)6)22-34(20-18-26(7)8)21-28(16-14-24(3)4)31(37)35(33,32(34)38)30(36)27(9)10/h13-15,18,21,27,29-30,36H,12,16-17,19-20,22H2,1-11H3/t29-,30+,33+,34-,35-/m0/s1. The molecule has 2 bridgehead atoms. The monoisotopic (exact) mass is 522 g/mol. The van der Waals surface area contributed by atoms with Gasteiger partial charge in [-0.1, -0.05) is 73.4 Å². The number of hydrogen-bond donors (Lipinski definition) is 1. The highest BCUT2D eigenvalue weighted by Gasteiger charge is 2.73. The fourth-order valence-corrected chi connectivity index (χ4v) is 6.85. The lowest BCUT2D eigenvalue weighted by atomic mass is 9.38. The zero-order valence-electron chi connectivity index (χ0n) is 26.1. The SMILES string of the molecule is CC(C)=CCC[C@]1(C)[C@@H](CC=C(C)C)C[C@]2(CC=C(C)C)C=C(CC=C(C)C)C(=O)[C@@]1([C@H](O)C(C)C)C2=O. The normalized spacial score (nSPS) is 29.4. The lowest BCUT2D eigenvalue weighted by Gasteiger charge is -2.63. The maximum atomic E-state index is 15.0. The van der Waals surface area contributed by atoms with Crippen LogP contribution in [0.5, 0.6) is 0 Å². The minimum Gasteiger partial charge on any atom is -0.391 e. The van der Waals surface area contributed by atoms with Crippen LogP contribution in [0.15, 0.2) is 58.2 Å². The van der Waals surface area contributed by atoms with Crippen molar-refractivity contribution in [1.29, 1.82) is 0 Å². The number of ketones is 2. The number of carbonyl (C=O) groups excluding carboxylic acids is 2. The highest BCUT2D eigenvalue weighted by atomic mass is 16.3. The Hall–Kier alpha value is -2.00. The number of hydrogen-bond acceptors (Lipinski definition) is 3. The van der Waals surface area contributed by atoms with Crippen molar-refractivity contribution in [1.82, 2.24) is 0 Å². The van der Waals surface area contributed by atoms with Crippen LogP contribution in [0.25, 0.3) is 0 Å². The third-order valence-corrected chi connectivity index (χ3v) is 9.03. The van der Waals surface area contributed by atoms with E-state index in [1.165, 1.54) is 11.1 Å². The summed E-state index contributed by atoms with van der Waals surface area (Å²) in [5.41, 5.74) is 2.53. The Labute approximate surface area is 233 Å². The summed E-state index contributed by atoms with van der Waals surface area (Å²) in [6.07, 6.45) is 13.7. The molecule has 38 heavy (non-hydrogen) atoms. The highest BCUT2D eigenvalue weighted by molar-refractivity contribution is 6.21. The molecule has 0 unspecified atom stereocenters. The molecule has 1 N–H and O–H groups in total. The van der Waals surface area contributed by atoms with Gasteiger partial charge in [0.15, 0.2) is 11.6 Å². The second-order valence-electron chi connectivity index (χ2n) is 13.6. The Morgan fingerprint density at radius 2 is 1.47 bits per heavy atom.